The molecular formula is C19H20N2O5S. The van der Waals surface area contributed by atoms with Crippen molar-refractivity contribution in [3.8, 4) is 39.1 Å². The number of aromatic nitrogens is 2. The summed E-state index contributed by atoms with van der Waals surface area (Å²) >= 11 is 1.57. The van der Waals surface area contributed by atoms with Crippen LogP contribution in [0.2, 0.25) is 0 Å². The van der Waals surface area contributed by atoms with Gasteiger partial charge in [-0.2, -0.15) is 4.89 Å². The molecule has 0 aliphatic carbocycles. The van der Waals surface area contributed by atoms with Crippen LogP contribution < -0.4 is 14.4 Å². The summed E-state index contributed by atoms with van der Waals surface area (Å²) in [7, 11) is 3.23. The van der Waals surface area contributed by atoms with Crippen molar-refractivity contribution in [1.82, 2.24) is 9.55 Å². The predicted octanol–water partition coefficient (Wildman–Crippen LogP) is 3.15. The first-order chi connectivity index (χ1) is 13.2. The largest absolute Gasteiger partial charge is 0.497 e. The molecule has 7 nitrogen and oxygen atoms in total. The van der Waals surface area contributed by atoms with Gasteiger partial charge in [-0.1, -0.05) is 0 Å². The minimum atomic E-state index is 0.00601. The van der Waals surface area contributed by atoms with E-state index >= 15 is 0 Å². The van der Waals surface area contributed by atoms with Crippen molar-refractivity contribution in [3.05, 3.63) is 35.5 Å². The summed E-state index contributed by atoms with van der Waals surface area (Å²) in [5.41, 5.74) is 3.63. The van der Waals surface area contributed by atoms with Gasteiger partial charge in [0.15, 0.2) is 5.75 Å². The number of ether oxygens (including phenoxy) is 2. The number of benzene rings is 1. The summed E-state index contributed by atoms with van der Waals surface area (Å²) in [6.45, 7) is 0.973. The molecule has 3 aromatic rings. The van der Waals surface area contributed by atoms with E-state index in [1.807, 2.05) is 22.8 Å². The van der Waals surface area contributed by atoms with Crippen LogP contribution in [0.4, 0.5) is 0 Å². The molecule has 0 radical (unpaired) electrons. The Balaban J connectivity index is 1.90. The standard InChI is InChI=1S/C19H20N2O5S/c1-23-14-7-13(8-15(9-14)24-2)17-16(20-11-21(17)4-5-22)19-18-12(10-27-19)3-6-25-26-18/h7-11,22H,3-6H2,1-2H3. The van der Waals surface area contributed by atoms with E-state index in [4.69, 9.17) is 19.2 Å². The summed E-state index contributed by atoms with van der Waals surface area (Å²) in [6.07, 6.45) is 2.54. The molecule has 1 aliphatic rings. The molecule has 0 fully saturated rings. The van der Waals surface area contributed by atoms with Gasteiger partial charge < -0.3 is 24.0 Å². The molecular weight excluding hydrogens is 368 g/mol. The van der Waals surface area contributed by atoms with E-state index in [9.17, 15) is 5.11 Å². The van der Waals surface area contributed by atoms with E-state index in [0.717, 1.165) is 39.6 Å². The molecule has 27 heavy (non-hydrogen) atoms. The van der Waals surface area contributed by atoms with E-state index in [-0.39, 0.29) is 6.61 Å². The molecule has 142 valence electrons. The maximum atomic E-state index is 9.48. The molecule has 0 saturated carbocycles. The molecule has 0 spiro atoms. The zero-order chi connectivity index (χ0) is 18.8. The first kappa shape index (κ1) is 17.8. The molecule has 1 aromatic carbocycles. The van der Waals surface area contributed by atoms with Crippen LogP contribution in [0.25, 0.3) is 21.8 Å². The number of rotatable bonds is 6. The van der Waals surface area contributed by atoms with Crippen LogP contribution in [0.5, 0.6) is 17.2 Å². The van der Waals surface area contributed by atoms with Crippen LogP contribution in [0.1, 0.15) is 5.56 Å². The Bertz CT molecular complexity index is 927. The van der Waals surface area contributed by atoms with Gasteiger partial charge in [-0.3, -0.25) is 0 Å². The number of hydrogen-bond donors (Lipinski definition) is 1. The maximum absolute atomic E-state index is 9.48. The molecule has 1 aliphatic heterocycles. The Morgan fingerprint density at radius 3 is 2.70 bits per heavy atom. The Labute approximate surface area is 160 Å². The number of fused-ring (bicyclic) bond motifs is 1. The van der Waals surface area contributed by atoms with Crippen LogP contribution in [0.15, 0.2) is 29.9 Å². The van der Waals surface area contributed by atoms with Crippen LogP contribution in [0, 0.1) is 0 Å². The van der Waals surface area contributed by atoms with Gasteiger partial charge in [0, 0.05) is 30.2 Å². The third-order valence-corrected chi connectivity index (χ3v) is 5.45. The SMILES string of the molecule is COc1cc(OC)cc(-c2c(-c3scc4c3OOCC4)ncn2CCO)c1. The Hall–Kier alpha value is -2.55. The van der Waals surface area contributed by atoms with Crippen molar-refractivity contribution in [2.24, 2.45) is 0 Å². The van der Waals surface area contributed by atoms with Gasteiger partial charge in [0.25, 0.3) is 0 Å². The number of thiophene rings is 1. The molecule has 1 N–H and O–H groups in total. The quantitative estimate of drug-likeness (QED) is 0.654. The van der Waals surface area contributed by atoms with Crippen molar-refractivity contribution in [2.45, 2.75) is 13.0 Å². The van der Waals surface area contributed by atoms with Gasteiger partial charge in [0.1, 0.15) is 22.1 Å². The first-order valence-corrected chi connectivity index (χ1v) is 9.42. The zero-order valence-corrected chi connectivity index (χ0v) is 15.9. The number of methoxy groups -OCH3 is 2. The summed E-state index contributed by atoms with van der Waals surface area (Å²) in [5.74, 6) is 2.08. The van der Waals surface area contributed by atoms with Gasteiger partial charge in [-0.25, -0.2) is 4.98 Å². The lowest BCUT2D eigenvalue weighted by Gasteiger charge is -2.15. The van der Waals surface area contributed by atoms with Gasteiger partial charge in [-0.05, 0) is 17.5 Å². The highest BCUT2D eigenvalue weighted by molar-refractivity contribution is 7.14. The second-order valence-electron chi connectivity index (χ2n) is 6.03. The lowest BCUT2D eigenvalue weighted by atomic mass is 10.1. The summed E-state index contributed by atoms with van der Waals surface area (Å²) in [5, 5.41) is 11.6. The molecule has 0 unspecified atom stereocenters. The molecule has 0 atom stereocenters. The Morgan fingerprint density at radius 2 is 2.00 bits per heavy atom. The number of aliphatic hydroxyl groups excluding tert-OH is 1. The third-order valence-electron chi connectivity index (χ3n) is 4.43. The lowest BCUT2D eigenvalue weighted by molar-refractivity contribution is -0.214. The zero-order valence-electron chi connectivity index (χ0n) is 15.1. The number of nitrogens with zero attached hydrogens (tertiary/aromatic N) is 2. The van der Waals surface area contributed by atoms with Gasteiger partial charge in [0.2, 0.25) is 0 Å². The Morgan fingerprint density at radius 1 is 1.22 bits per heavy atom. The monoisotopic (exact) mass is 388 g/mol. The summed E-state index contributed by atoms with van der Waals surface area (Å²) in [4.78, 5) is 16.2. The molecule has 0 saturated heterocycles. The van der Waals surface area contributed by atoms with Crippen molar-refractivity contribution in [2.75, 3.05) is 27.4 Å². The van der Waals surface area contributed by atoms with Gasteiger partial charge >= 0.3 is 0 Å². The van der Waals surface area contributed by atoms with Crippen molar-refractivity contribution in [3.63, 3.8) is 0 Å². The second-order valence-corrected chi connectivity index (χ2v) is 6.91. The molecule has 3 heterocycles. The molecule has 4 rings (SSSR count). The third kappa shape index (κ3) is 3.27. The van der Waals surface area contributed by atoms with Gasteiger partial charge in [-0.15, -0.1) is 11.3 Å². The molecule has 0 amide bonds. The highest BCUT2D eigenvalue weighted by atomic mass is 32.1. The molecule has 2 aromatic heterocycles. The first-order valence-electron chi connectivity index (χ1n) is 8.54. The minimum absolute atomic E-state index is 0.00601. The fraction of sp³-hybridized carbons (Fsp3) is 0.316. The average molecular weight is 388 g/mol. The van der Waals surface area contributed by atoms with Crippen LogP contribution >= 0.6 is 11.3 Å². The lowest BCUT2D eigenvalue weighted by Crippen LogP contribution is -2.09. The fourth-order valence-corrected chi connectivity index (χ4v) is 4.15. The predicted molar refractivity (Wildman–Crippen MR) is 101 cm³/mol. The smallest absolute Gasteiger partial charge is 0.188 e. The normalized spacial score (nSPS) is 13.1. The van der Waals surface area contributed by atoms with Crippen LogP contribution in [-0.4, -0.2) is 42.1 Å². The van der Waals surface area contributed by atoms with E-state index < -0.39 is 0 Å². The average Bonchev–Trinajstić information content (AvgIpc) is 3.31. The molecule has 0 bridgehead atoms. The van der Waals surface area contributed by atoms with Gasteiger partial charge in [0.05, 0.1) is 39.5 Å². The van der Waals surface area contributed by atoms with E-state index in [1.54, 1.807) is 31.9 Å². The van der Waals surface area contributed by atoms with E-state index in [0.29, 0.717) is 24.7 Å². The van der Waals surface area contributed by atoms with E-state index in [1.165, 1.54) is 0 Å². The minimum Gasteiger partial charge on any atom is -0.497 e. The van der Waals surface area contributed by atoms with E-state index in [2.05, 4.69) is 10.4 Å². The Kier molecular flexibility index (Phi) is 5.02. The highest BCUT2D eigenvalue weighted by Gasteiger charge is 2.25. The fourth-order valence-electron chi connectivity index (χ4n) is 3.13. The van der Waals surface area contributed by atoms with Crippen molar-refractivity contribution in [1.29, 1.82) is 0 Å². The summed E-state index contributed by atoms with van der Waals surface area (Å²) < 4.78 is 12.7. The second kappa shape index (κ2) is 7.59. The number of hydrogen-bond acceptors (Lipinski definition) is 7. The highest BCUT2D eigenvalue weighted by Crippen LogP contribution is 2.45. The molecule has 8 heteroatoms. The van der Waals surface area contributed by atoms with Crippen molar-refractivity contribution >= 4 is 11.3 Å². The van der Waals surface area contributed by atoms with Crippen LogP contribution in [-0.2, 0) is 17.9 Å². The van der Waals surface area contributed by atoms with Crippen molar-refractivity contribution < 1.29 is 24.4 Å². The number of aliphatic hydroxyl groups is 1. The van der Waals surface area contributed by atoms with Crippen LogP contribution in [0.3, 0.4) is 0 Å². The number of imidazole rings is 1. The summed E-state index contributed by atoms with van der Waals surface area (Å²) in [6, 6.07) is 5.67. The maximum Gasteiger partial charge on any atom is 0.188 e. The topological polar surface area (TPSA) is 75.0 Å².